The van der Waals surface area contributed by atoms with Crippen LogP contribution in [0.15, 0.2) is 72.9 Å². The highest BCUT2D eigenvalue weighted by molar-refractivity contribution is 5.94. The van der Waals surface area contributed by atoms with Crippen molar-refractivity contribution in [3.8, 4) is 28.3 Å². The maximum absolute atomic E-state index is 13.5. The molecule has 164 valence electrons. The number of aryl methyl sites for hydroxylation is 1. The molecule has 0 atom stereocenters. The maximum Gasteiger partial charge on any atom is 0.305 e. The number of carbonyl (C=O) groups excluding carboxylic acids is 1. The van der Waals surface area contributed by atoms with E-state index in [1.165, 1.54) is 19.2 Å². The summed E-state index contributed by atoms with van der Waals surface area (Å²) < 4.78 is 19.9. The van der Waals surface area contributed by atoms with Crippen LogP contribution < -0.4 is 0 Å². The lowest BCUT2D eigenvalue weighted by Gasteiger charge is -2.06. The summed E-state index contributed by atoms with van der Waals surface area (Å²) in [5, 5.41) is 5.49. The molecule has 3 heterocycles. The predicted octanol–water partition coefficient (Wildman–Crippen LogP) is 4.72. The van der Waals surface area contributed by atoms with Crippen molar-refractivity contribution in [2.75, 3.05) is 7.11 Å². The zero-order valence-corrected chi connectivity index (χ0v) is 17.8. The van der Waals surface area contributed by atoms with E-state index in [9.17, 15) is 9.18 Å². The Hall–Kier alpha value is -4.33. The standard InChI is InChI=1S/C25H20FN5O2/c1-33-23(32)12-11-22-29-25(31(30-22)18-9-7-17(26)8-10-18)19-13-14-27-24-20(19)15-21(28-24)16-5-3-2-4-6-16/h2-10,13-15H,11-12H2,1H3,(H,27,28). The predicted molar refractivity (Wildman–Crippen MR) is 122 cm³/mol. The van der Waals surface area contributed by atoms with Crippen molar-refractivity contribution in [1.82, 2.24) is 24.7 Å². The molecule has 1 N–H and O–H groups in total. The van der Waals surface area contributed by atoms with Gasteiger partial charge in [-0.3, -0.25) is 4.79 Å². The van der Waals surface area contributed by atoms with Gasteiger partial charge in [0, 0.05) is 29.3 Å². The summed E-state index contributed by atoms with van der Waals surface area (Å²) >= 11 is 0. The van der Waals surface area contributed by atoms with Crippen LogP contribution in [0.25, 0.3) is 39.4 Å². The number of esters is 1. The zero-order valence-electron chi connectivity index (χ0n) is 17.8. The van der Waals surface area contributed by atoms with Crippen LogP contribution in [0.5, 0.6) is 0 Å². The van der Waals surface area contributed by atoms with Gasteiger partial charge in [0.1, 0.15) is 11.5 Å². The number of carbonyl (C=O) groups is 1. The molecule has 0 amide bonds. The first-order valence-corrected chi connectivity index (χ1v) is 10.4. The second-order valence-corrected chi connectivity index (χ2v) is 7.49. The number of benzene rings is 2. The number of fused-ring (bicyclic) bond motifs is 1. The van der Waals surface area contributed by atoms with Gasteiger partial charge in [0.25, 0.3) is 0 Å². The molecule has 0 aliphatic heterocycles. The van der Waals surface area contributed by atoms with Crippen LogP contribution in [-0.4, -0.2) is 37.8 Å². The van der Waals surface area contributed by atoms with Gasteiger partial charge in [0.15, 0.2) is 11.6 Å². The van der Waals surface area contributed by atoms with Gasteiger partial charge in [-0.15, -0.1) is 0 Å². The first-order valence-electron chi connectivity index (χ1n) is 10.4. The third-order valence-corrected chi connectivity index (χ3v) is 5.36. The largest absolute Gasteiger partial charge is 0.469 e. The number of ether oxygens (including phenoxy) is 1. The number of pyridine rings is 1. The number of aromatic nitrogens is 5. The second kappa shape index (κ2) is 8.66. The Bertz CT molecular complexity index is 1420. The topological polar surface area (TPSA) is 85.7 Å². The average molecular weight is 441 g/mol. The number of nitrogens with one attached hydrogen (secondary N) is 1. The molecule has 33 heavy (non-hydrogen) atoms. The highest BCUT2D eigenvalue weighted by Crippen LogP contribution is 2.31. The Kier molecular flexibility index (Phi) is 5.40. The summed E-state index contributed by atoms with van der Waals surface area (Å²) in [5.41, 5.74) is 4.17. The quantitative estimate of drug-likeness (QED) is 0.385. The number of H-pyrrole nitrogens is 1. The Morgan fingerprint density at radius 3 is 2.64 bits per heavy atom. The molecule has 0 radical (unpaired) electrons. The molecule has 8 heteroatoms. The number of hydrogen-bond acceptors (Lipinski definition) is 5. The van der Waals surface area contributed by atoms with Gasteiger partial charge >= 0.3 is 5.97 Å². The van der Waals surface area contributed by atoms with Gasteiger partial charge in [-0.05, 0) is 42.0 Å². The maximum atomic E-state index is 13.5. The molecule has 3 aromatic heterocycles. The minimum atomic E-state index is -0.337. The van der Waals surface area contributed by atoms with Crippen molar-refractivity contribution in [2.45, 2.75) is 12.8 Å². The second-order valence-electron chi connectivity index (χ2n) is 7.49. The molecular formula is C25H20FN5O2. The van der Waals surface area contributed by atoms with Crippen LogP contribution in [0.2, 0.25) is 0 Å². The van der Waals surface area contributed by atoms with Gasteiger partial charge < -0.3 is 9.72 Å². The van der Waals surface area contributed by atoms with Gasteiger partial charge in [-0.25, -0.2) is 19.0 Å². The average Bonchev–Trinajstić information content (AvgIpc) is 3.48. The van der Waals surface area contributed by atoms with Crippen molar-refractivity contribution < 1.29 is 13.9 Å². The Morgan fingerprint density at radius 2 is 1.88 bits per heavy atom. The molecular weight excluding hydrogens is 421 g/mol. The SMILES string of the molecule is COC(=O)CCc1nc(-c2ccnc3[nH]c(-c4ccccc4)cc23)n(-c2ccc(F)cc2)n1. The van der Waals surface area contributed by atoms with E-state index < -0.39 is 0 Å². The first kappa shape index (κ1) is 20.6. The fourth-order valence-electron chi connectivity index (χ4n) is 3.71. The lowest BCUT2D eigenvalue weighted by Crippen LogP contribution is -2.03. The van der Waals surface area contributed by atoms with E-state index in [0.717, 1.165) is 27.9 Å². The number of halogens is 1. The number of rotatable bonds is 6. The molecule has 5 rings (SSSR count). The van der Waals surface area contributed by atoms with Crippen LogP contribution in [-0.2, 0) is 16.0 Å². The number of aromatic amines is 1. The lowest BCUT2D eigenvalue weighted by molar-refractivity contribution is -0.140. The molecule has 0 saturated carbocycles. The Morgan fingerprint density at radius 1 is 1.09 bits per heavy atom. The molecule has 7 nitrogen and oxygen atoms in total. The van der Waals surface area contributed by atoms with Crippen LogP contribution in [0, 0.1) is 5.82 Å². The summed E-state index contributed by atoms with van der Waals surface area (Å²) in [6.07, 6.45) is 2.20. The van der Waals surface area contributed by atoms with Crippen LogP contribution in [0.3, 0.4) is 0 Å². The number of nitrogens with zero attached hydrogens (tertiary/aromatic N) is 4. The van der Waals surface area contributed by atoms with Crippen molar-refractivity contribution >= 4 is 17.0 Å². The van der Waals surface area contributed by atoms with Gasteiger partial charge in [0.05, 0.1) is 19.2 Å². The highest BCUT2D eigenvalue weighted by atomic mass is 19.1. The fourth-order valence-corrected chi connectivity index (χ4v) is 3.71. The minimum absolute atomic E-state index is 0.164. The summed E-state index contributed by atoms with van der Waals surface area (Å²) in [6.45, 7) is 0. The van der Waals surface area contributed by atoms with Gasteiger partial charge in [-0.2, -0.15) is 5.10 Å². The highest BCUT2D eigenvalue weighted by Gasteiger charge is 2.18. The van der Waals surface area contributed by atoms with E-state index in [2.05, 4.69) is 15.1 Å². The Labute approximate surface area is 188 Å². The van der Waals surface area contributed by atoms with E-state index in [4.69, 9.17) is 9.72 Å². The Balaban J connectivity index is 1.64. The third-order valence-electron chi connectivity index (χ3n) is 5.36. The lowest BCUT2D eigenvalue weighted by atomic mass is 10.1. The summed E-state index contributed by atoms with van der Waals surface area (Å²) in [5.74, 6) is 0.394. The molecule has 0 bridgehead atoms. The molecule has 0 fully saturated rings. The molecule has 0 spiro atoms. The molecule has 0 aliphatic rings. The smallest absolute Gasteiger partial charge is 0.305 e. The van der Waals surface area contributed by atoms with E-state index in [0.29, 0.717) is 23.8 Å². The molecule has 0 unspecified atom stereocenters. The fraction of sp³-hybridized carbons (Fsp3) is 0.120. The summed E-state index contributed by atoms with van der Waals surface area (Å²) in [6, 6.07) is 19.9. The van der Waals surface area contributed by atoms with Crippen molar-refractivity contribution in [1.29, 1.82) is 0 Å². The van der Waals surface area contributed by atoms with E-state index in [1.54, 1.807) is 23.0 Å². The number of methoxy groups -OCH3 is 1. The zero-order chi connectivity index (χ0) is 22.8. The van der Waals surface area contributed by atoms with Gasteiger partial charge in [-0.1, -0.05) is 30.3 Å². The van der Waals surface area contributed by atoms with Crippen molar-refractivity contribution in [2.24, 2.45) is 0 Å². The summed E-state index contributed by atoms with van der Waals surface area (Å²) in [7, 11) is 1.35. The molecule has 0 aliphatic carbocycles. The van der Waals surface area contributed by atoms with Crippen molar-refractivity contribution in [3.05, 3.63) is 84.6 Å². The normalized spacial score (nSPS) is 11.1. The van der Waals surface area contributed by atoms with E-state index in [-0.39, 0.29) is 18.2 Å². The monoisotopic (exact) mass is 441 g/mol. The molecule has 5 aromatic rings. The third kappa shape index (κ3) is 4.10. The van der Waals surface area contributed by atoms with Crippen molar-refractivity contribution in [3.63, 3.8) is 0 Å². The molecule has 2 aromatic carbocycles. The van der Waals surface area contributed by atoms with Crippen LogP contribution in [0.4, 0.5) is 4.39 Å². The number of hydrogen-bond donors (Lipinski definition) is 1. The van der Waals surface area contributed by atoms with Crippen LogP contribution in [0.1, 0.15) is 12.2 Å². The van der Waals surface area contributed by atoms with Gasteiger partial charge in [0.2, 0.25) is 0 Å². The van der Waals surface area contributed by atoms with E-state index in [1.807, 2.05) is 42.5 Å². The molecule has 0 saturated heterocycles. The first-order chi connectivity index (χ1) is 16.1. The summed E-state index contributed by atoms with van der Waals surface area (Å²) in [4.78, 5) is 24.2. The van der Waals surface area contributed by atoms with E-state index >= 15 is 0 Å². The minimum Gasteiger partial charge on any atom is -0.469 e. The van der Waals surface area contributed by atoms with Crippen LogP contribution >= 0.6 is 0 Å².